The van der Waals surface area contributed by atoms with E-state index in [1.807, 2.05) is 6.92 Å². The third-order valence-electron chi connectivity index (χ3n) is 2.67. The number of benzene rings is 1. The van der Waals surface area contributed by atoms with Gasteiger partial charge in [-0.1, -0.05) is 0 Å². The molecular weight excluding hydrogens is 221 g/mol. The molecule has 1 unspecified atom stereocenters. The lowest BCUT2D eigenvalue weighted by Crippen LogP contribution is -2.19. The van der Waals surface area contributed by atoms with Crippen LogP contribution in [-0.4, -0.2) is 19.3 Å². The molecule has 1 fully saturated rings. The molecule has 0 aromatic heterocycles. The van der Waals surface area contributed by atoms with E-state index in [2.05, 4.69) is 0 Å². The molecule has 17 heavy (non-hydrogen) atoms. The van der Waals surface area contributed by atoms with Gasteiger partial charge in [0.2, 0.25) is 0 Å². The molecular formula is C13H18FNO2. The summed E-state index contributed by atoms with van der Waals surface area (Å²) in [4.78, 5) is 0. The fraction of sp³-hybridized carbons (Fsp3) is 0.538. The molecule has 3 nitrogen and oxygen atoms in total. The fourth-order valence-corrected chi connectivity index (χ4v) is 1.76. The van der Waals surface area contributed by atoms with Crippen LogP contribution in [0.25, 0.3) is 0 Å². The van der Waals surface area contributed by atoms with Crippen molar-refractivity contribution in [2.24, 2.45) is 5.73 Å². The van der Waals surface area contributed by atoms with Gasteiger partial charge in [0.15, 0.2) is 11.5 Å². The van der Waals surface area contributed by atoms with Gasteiger partial charge in [-0.05, 0) is 32.3 Å². The summed E-state index contributed by atoms with van der Waals surface area (Å²) in [7, 11) is 1.52. The lowest BCUT2D eigenvalue weighted by atomic mass is 10.1. The summed E-state index contributed by atoms with van der Waals surface area (Å²) in [6.07, 6.45) is 2.94. The van der Waals surface area contributed by atoms with E-state index >= 15 is 0 Å². The van der Waals surface area contributed by atoms with E-state index in [0.29, 0.717) is 17.9 Å². The molecule has 0 heterocycles. The van der Waals surface area contributed by atoms with Gasteiger partial charge in [-0.2, -0.15) is 0 Å². The highest BCUT2D eigenvalue weighted by Gasteiger charge is 2.27. The van der Waals surface area contributed by atoms with Gasteiger partial charge in [0.05, 0.1) is 13.2 Å². The van der Waals surface area contributed by atoms with Gasteiger partial charge in [0.1, 0.15) is 5.82 Å². The number of halogens is 1. The molecule has 1 saturated carbocycles. The van der Waals surface area contributed by atoms with Crippen LogP contribution in [-0.2, 0) is 6.42 Å². The first-order chi connectivity index (χ1) is 8.10. The standard InChI is InChI=1S/C13H18FNO2/c1-8(15)5-9-6-10(14)7-12(16-2)13(9)17-11-3-4-11/h6-8,11H,3-5,15H2,1-2H3. The molecule has 0 aliphatic heterocycles. The molecule has 1 atom stereocenters. The van der Waals surface area contributed by atoms with Gasteiger partial charge in [-0.3, -0.25) is 0 Å². The SMILES string of the molecule is COc1cc(F)cc(CC(C)N)c1OC1CC1. The molecule has 2 rings (SSSR count). The molecule has 1 aliphatic rings. The van der Waals surface area contributed by atoms with Gasteiger partial charge in [-0.15, -0.1) is 0 Å². The summed E-state index contributed by atoms with van der Waals surface area (Å²) >= 11 is 0. The third kappa shape index (κ3) is 3.09. The molecule has 0 bridgehead atoms. The summed E-state index contributed by atoms with van der Waals surface area (Å²) in [5.74, 6) is 0.780. The molecule has 2 N–H and O–H groups in total. The van der Waals surface area contributed by atoms with Crippen molar-refractivity contribution >= 4 is 0 Å². The molecule has 1 aromatic carbocycles. The number of nitrogens with two attached hydrogens (primary N) is 1. The van der Waals surface area contributed by atoms with Crippen LogP contribution in [0.15, 0.2) is 12.1 Å². The highest BCUT2D eigenvalue weighted by Crippen LogP contribution is 2.37. The molecule has 0 amide bonds. The lowest BCUT2D eigenvalue weighted by Gasteiger charge is -2.16. The summed E-state index contributed by atoms with van der Waals surface area (Å²) < 4.78 is 24.4. The van der Waals surface area contributed by atoms with Crippen LogP contribution in [0.3, 0.4) is 0 Å². The van der Waals surface area contributed by atoms with Gasteiger partial charge in [0, 0.05) is 17.7 Å². The van der Waals surface area contributed by atoms with Gasteiger partial charge < -0.3 is 15.2 Å². The zero-order valence-corrected chi connectivity index (χ0v) is 10.2. The van der Waals surface area contributed by atoms with Gasteiger partial charge in [0.25, 0.3) is 0 Å². The molecule has 0 saturated heterocycles. The zero-order chi connectivity index (χ0) is 12.4. The molecule has 1 aromatic rings. The monoisotopic (exact) mass is 239 g/mol. The first kappa shape index (κ1) is 12.2. The Balaban J connectivity index is 2.33. The van der Waals surface area contributed by atoms with Crippen LogP contribution in [0.2, 0.25) is 0 Å². The van der Waals surface area contributed by atoms with E-state index in [0.717, 1.165) is 18.4 Å². The molecule has 0 spiro atoms. The number of hydrogen-bond donors (Lipinski definition) is 1. The minimum absolute atomic E-state index is 0.0388. The van der Waals surface area contributed by atoms with Crippen molar-refractivity contribution < 1.29 is 13.9 Å². The van der Waals surface area contributed by atoms with E-state index in [4.69, 9.17) is 15.2 Å². The Morgan fingerprint density at radius 3 is 2.71 bits per heavy atom. The quantitative estimate of drug-likeness (QED) is 0.857. The second-order valence-electron chi connectivity index (χ2n) is 4.59. The summed E-state index contributed by atoms with van der Waals surface area (Å²) in [6.45, 7) is 1.89. The molecule has 0 radical (unpaired) electrons. The van der Waals surface area contributed by atoms with Gasteiger partial charge >= 0.3 is 0 Å². The minimum atomic E-state index is -0.319. The van der Waals surface area contributed by atoms with Crippen LogP contribution in [0.4, 0.5) is 4.39 Å². The fourth-order valence-electron chi connectivity index (χ4n) is 1.76. The Bertz CT molecular complexity index is 403. The Morgan fingerprint density at radius 1 is 1.47 bits per heavy atom. The Morgan fingerprint density at radius 2 is 2.18 bits per heavy atom. The maximum absolute atomic E-state index is 13.4. The number of ether oxygens (including phenoxy) is 2. The predicted molar refractivity (Wildman–Crippen MR) is 64.0 cm³/mol. The van der Waals surface area contributed by atoms with Crippen molar-refractivity contribution in [2.45, 2.75) is 38.3 Å². The number of hydrogen-bond acceptors (Lipinski definition) is 3. The Labute approximate surface area is 101 Å². The topological polar surface area (TPSA) is 44.5 Å². The van der Waals surface area contributed by atoms with Crippen molar-refractivity contribution in [3.8, 4) is 11.5 Å². The van der Waals surface area contributed by atoms with Crippen molar-refractivity contribution in [1.82, 2.24) is 0 Å². The highest BCUT2D eigenvalue weighted by atomic mass is 19.1. The van der Waals surface area contributed by atoms with Gasteiger partial charge in [-0.25, -0.2) is 4.39 Å². The lowest BCUT2D eigenvalue weighted by molar-refractivity contribution is 0.277. The first-order valence-electron chi connectivity index (χ1n) is 5.88. The normalized spacial score (nSPS) is 16.7. The number of methoxy groups -OCH3 is 1. The van der Waals surface area contributed by atoms with E-state index in [9.17, 15) is 4.39 Å². The van der Waals surface area contributed by atoms with E-state index in [1.165, 1.54) is 19.2 Å². The highest BCUT2D eigenvalue weighted by molar-refractivity contribution is 5.47. The van der Waals surface area contributed by atoms with Crippen LogP contribution in [0.1, 0.15) is 25.3 Å². The molecule has 1 aliphatic carbocycles. The van der Waals surface area contributed by atoms with Crippen molar-refractivity contribution in [1.29, 1.82) is 0 Å². The summed E-state index contributed by atoms with van der Waals surface area (Å²) in [5.41, 5.74) is 6.54. The van der Waals surface area contributed by atoms with Crippen molar-refractivity contribution in [3.63, 3.8) is 0 Å². The first-order valence-corrected chi connectivity index (χ1v) is 5.88. The largest absolute Gasteiger partial charge is 0.493 e. The van der Waals surface area contributed by atoms with Crippen LogP contribution in [0, 0.1) is 5.82 Å². The second kappa shape index (κ2) is 4.92. The smallest absolute Gasteiger partial charge is 0.165 e. The Kier molecular flexibility index (Phi) is 3.52. The molecule has 4 heteroatoms. The average molecular weight is 239 g/mol. The molecule has 94 valence electrons. The maximum atomic E-state index is 13.4. The van der Waals surface area contributed by atoms with Crippen molar-refractivity contribution in [2.75, 3.05) is 7.11 Å². The predicted octanol–water partition coefficient (Wildman–Crippen LogP) is 2.27. The third-order valence-corrected chi connectivity index (χ3v) is 2.67. The average Bonchev–Trinajstić information content (AvgIpc) is 3.04. The van der Waals surface area contributed by atoms with Crippen LogP contribution in [0.5, 0.6) is 11.5 Å². The summed E-state index contributed by atoms with van der Waals surface area (Å²) in [5, 5.41) is 0. The zero-order valence-electron chi connectivity index (χ0n) is 10.2. The van der Waals surface area contributed by atoms with Crippen molar-refractivity contribution in [3.05, 3.63) is 23.5 Å². The Hall–Kier alpha value is -1.29. The maximum Gasteiger partial charge on any atom is 0.165 e. The van der Waals surface area contributed by atoms with Crippen LogP contribution < -0.4 is 15.2 Å². The van der Waals surface area contributed by atoms with E-state index in [-0.39, 0.29) is 18.0 Å². The second-order valence-corrected chi connectivity index (χ2v) is 4.59. The van der Waals surface area contributed by atoms with E-state index < -0.39 is 0 Å². The van der Waals surface area contributed by atoms with Crippen LogP contribution >= 0.6 is 0 Å². The minimum Gasteiger partial charge on any atom is -0.493 e. The van der Waals surface area contributed by atoms with E-state index in [1.54, 1.807) is 0 Å². The number of rotatable bonds is 5. The summed E-state index contributed by atoms with van der Waals surface area (Å²) in [6, 6.07) is 2.79.